The fraction of sp³-hybridized carbons (Fsp3) is 0.600. The first-order valence-electron chi connectivity index (χ1n) is 9.36. The summed E-state index contributed by atoms with van der Waals surface area (Å²) in [4.78, 5) is 25.6. The largest absolute Gasteiger partial charge is 0.356 e. The zero-order valence-corrected chi connectivity index (χ0v) is 15.9. The predicted molar refractivity (Wildman–Crippen MR) is 102 cm³/mol. The number of nitrogens with zero attached hydrogens (tertiary/aromatic N) is 1. The topological polar surface area (TPSA) is 61.4 Å². The smallest absolute Gasteiger partial charge is 0.317 e. The van der Waals surface area contributed by atoms with Crippen LogP contribution in [0.15, 0.2) is 30.3 Å². The molecule has 0 spiro atoms. The molecule has 0 saturated carbocycles. The summed E-state index contributed by atoms with van der Waals surface area (Å²) in [7, 11) is 1.75. The summed E-state index contributed by atoms with van der Waals surface area (Å²) >= 11 is 0. The van der Waals surface area contributed by atoms with E-state index in [-0.39, 0.29) is 11.9 Å². The van der Waals surface area contributed by atoms with Crippen molar-refractivity contribution in [3.05, 3.63) is 35.9 Å². The summed E-state index contributed by atoms with van der Waals surface area (Å²) in [5.74, 6) is 0.552. The maximum Gasteiger partial charge on any atom is 0.317 e. The Bertz CT molecular complexity index is 505. The number of benzene rings is 1. The quantitative estimate of drug-likeness (QED) is 0.643. The van der Waals surface area contributed by atoms with Crippen LogP contribution in [0.3, 0.4) is 0 Å². The van der Waals surface area contributed by atoms with Gasteiger partial charge in [-0.05, 0) is 17.9 Å². The molecule has 0 aromatic heterocycles. The molecule has 0 bridgehead atoms. The first-order valence-corrected chi connectivity index (χ1v) is 9.36. The van der Waals surface area contributed by atoms with E-state index >= 15 is 0 Å². The molecule has 1 aromatic carbocycles. The Morgan fingerprint density at radius 1 is 1.12 bits per heavy atom. The van der Waals surface area contributed by atoms with Crippen LogP contribution in [0.2, 0.25) is 0 Å². The Morgan fingerprint density at radius 3 is 2.48 bits per heavy atom. The highest BCUT2D eigenvalue weighted by molar-refractivity contribution is 5.78. The first kappa shape index (κ1) is 21.0. The lowest BCUT2D eigenvalue weighted by Crippen LogP contribution is -2.39. The van der Waals surface area contributed by atoms with Crippen molar-refractivity contribution >= 4 is 11.9 Å². The number of unbranched alkanes of at least 4 members (excludes halogenated alkanes) is 1. The van der Waals surface area contributed by atoms with Crippen molar-refractivity contribution in [2.24, 2.45) is 5.92 Å². The SMILES string of the molecule is CCCCC(CC)CNC(=O)CCNC(=O)N(C)Cc1ccccc1. The molecule has 1 unspecified atom stereocenters. The molecule has 0 heterocycles. The molecule has 0 aliphatic rings. The fourth-order valence-corrected chi connectivity index (χ4v) is 2.64. The average molecular weight is 348 g/mol. The predicted octanol–water partition coefficient (Wildman–Crippen LogP) is 3.55. The Morgan fingerprint density at radius 2 is 1.84 bits per heavy atom. The maximum absolute atomic E-state index is 12.0. The summed E-state index contributed by atoms with van der Waals surface area (Å²) in [5, 5.41) is 5.78. The highest BCUT2D eigenvalue weighted by Gasteiger charge is 2.11. The number of rotatable bonds is 11. The third-order valence-electron chi connectivity index (χ3n) is 4.37. The lowest BCUT2D eigenvalue weighted by molar-refractivity contribution is -0.121. The molecular formula is C20H33N3O2. The van der Waals surface area contributed by atoms with Crippen LogP contribution in [0.4, 0.5) is 4.79 Å². The van der Waals surface area contributed by atoms with Gasteiger partial charge in [0, 0.05) is 33.1 Å². The van der Waals surface area contributed by atoms with E-state index in [1.54, 1.807) is 11.9 Å². The highest BCUT2D eigenvalue weighted by atomic mass is 16.2. The van der Waals surface area contributed by atoms with Crippen LogP contribution in [-0.4, -0.2) is 37.0 Å². The number of hydrogen-bond donors (Lipinski definition) is 2. The van der Waals surface area contributed by atoms with E-state index in [0.29, 0.717) is 25.4 Å². The van der Waals surface area contributed by atoms with E-state index in [9.17, 15) is 9.59 Å². The van der Waals surface area contributed by atoms with Crippen LogP contribution in [0.25, 0.3) is 0 Å². The number of carbonyl (C=O) groups is 2. The van der Waals surface area contributed by atoms with E-state index < -0.39 is 0 Å². The molecule has 0 radical (unpaired) electrons. The minimum atomic E-state index is -0.161. The monoisotopic (exact) mass is 347 g/mol. The summed E-state index contributed by atoms with van der Waals surface area (Å²) in [6.07, 6.45) is 4.95. The molecule has 3 amide bonds. The van der Waals surface area contributed by atoms with Crippen LogP contribution >= 0.6 is 0 Å². The average Bonchev–Trinajstić information content (AvgIpc) is 2.62. The molecule has 0 aliphatic carbocycles. The van der Waals surface area contributed by atoms with Crippen LogP contribution in [-0.2, 0) is 11.3 Å². The van der Waals surface area contributed by atoms with Crippen molar-refractivity contribution < 1.29 is 9.59 Å². The number of amides is 3. The molecule has 0 saturated heterocycles. The van der Waals surface area contributed by atoms with Crippen molar-refractivity contribution in [1.82, 2.24) is 15.5 Å². The van der Waals surface area contributed by atoms with Gasteiger partial charge in [-0.1, -0.05) is 63.4 Å². The molecule has 25 heavy (non-hydrogen) atoms. The van der Waals surface area contributed by atoms with Gasteiger partial charge in [-0.15, -0.1) is 0 Å². The Labute approximate surface area is 152 Å². The Hall–Kier alpha value is -2.04. The molecule has 0 aliphatic heterocycles. The number of urea groups is 1. The van der Waals surface area contributed by atoms with Crippen molar-refractivity contribution in [3.63, 3.8) is 0 Å². The van der Waals surface area contributed by atoms with E-state index in [4.69, 9.17) is 0 Å². The minimum Gasteiger partial charge on any atom is -0.356 e. The van der Waals surface area contributed by atoms with Crippen LogP contribution < -0.4 is 10.6 Å². The van der Waals surface area contributed by atoms with Gasteiger partial charge in [-0.25, -0.2) is 4.79 Å². The van der Waals surface area contributed by atoms with Gasteiger partial charge in [-0.2, -0.15) is 0 Å². The third-order valence-corrected chi connectivity index (χ3v) is 4.37. The molecule has 1 atom stereocenters. The molecule has 140 valence electrons. The Kier molecular flexibility index (Phi) is 10.4. The number of carbonyl (C=O) groups excluding carboxylic acids is 2. The summed E-state index contributed by atoms with van der Waals surface area (Å²) < 4.78 is 0. The molecule has 1 rings (SSSR count). The fourth-order valence-electron chi connectivity index (χ4n) is 2.64. The molecule has 1 aromatic rings. The molecule has 5 heteroatoms. The second-order valence-corrected chi connectivity index (χ2v) is 6.54. The third kappa shape index (κ3) is 9.13. The summed E-state index contributed by atoms with van der Waals surface area (Å²) in [6.45, 7) is 5.99. The van der Waals surface area contributed by atoms with Crippen LogP contribution in [0, 0.1) is 5.92 Å². The van der Waals surface area contributed by atoms with Gasteiger partial charge in [0.15, 0.2) is 0 Å². The lowest BCUT2D eigenvalue weighted by atomic mass is 9.99. The van der Waals surface area contributed by atoms with E-state index in [2.05, 4.69) is 24.5 Å². The zero-order chi connectivity index (χ0) is 18.5. The first-order chi connectivity index (χ1) is 12.1. The molecule has 5 nitrogen and oxygen atoms in total. The highest BCUT2D eigenvalue weighted by Crippen LogP contribution is 2.11. The second kappa shape index (κ2) is 12.3. The summed E-state index contributed by atoms with van der Waals surface area (Å²) in [6, 6.07) is 9.67. The standard InChI is InChI=1S/C20H33N3O2/c1-4-6-10-17(5-2)15-22-19(24)13-14-21-20(25)23(3)16-18-11-8-7-9-12-18/h7-9,11-12,17H,4-6,10,13-16H2,1-3H3,(H,21,25)(H,22,24). The van der Waals surface area contributed by atoms with Crippen LogP contribution in [0.1, 0.15) is 51.5 Å². The molecule has 0 fully saturated rings. The van der Waals surface area contributed by atoms with Crippen molar-refractivity contribution in [3.8, 4) is 0 Å². The number of nitrogens with one attached hydrogen (secondary N) is 2. The van der Waals surface area contributed by atoms with Crippen molar-refractivity contribution in [2.75, 3.05) is 20.1 Å². The second-order valence-electron chi connectivity index (χ2n) is 6.54. The van der Waals surface area contributed by atoms with Gasteiger partial charge in [0.2, 0.25) is 5.91 Å². The zero-order valence-electron chi connectivity index (χ0n) is 15.9. The lowest BCUT2D eigenvalue weighted by Gasteiger charge is -2.18. The van der Waals surface area contributed by atoms with Crippen molar-refractivity contribution in [1.29, 1.82) is 0 Å². The van der Waals surface area contributed by atoms with Gasteiger partial charge in [0.05, 0.1) is 0 Å². The molecular weight excluding hydrogens is 314 g/mol. The van der Waals surface area contributed by atoms with Gasteiger partial charge < -0.3 is 15.5 Å². The normalized spacial score (nSPS) is 11.6. The van der Waals surface area contributed by atoms with Gasteiger partial charge in [0.1, 0.15) is 0 Å². The van der Waals surface area contributed by atoms with Crippen LogP contribution in [0.5, 0.6) is 0 Å². The van der Waals surface area contributed by atoms with Gasteiger partial charge in [-0.3, -0.25) is 4.79 Å². The van der Waals surface area contributed by atoms with Gasteiger partial charge in [0.25, 0.3) is 0 Å². The van der Waals surface area contributed by atoms with Gasteiger partial charge >= 0.3 is 6.03 Å². The minimum absolute atomic E-state index is 0.000890. The summed E-state index contributed by atoms with van der Waals surface area (Å²) in [5.41, 5.74) is 1.08. The van der Waals surface area contributed by atoms with Crippen molar-refractivity contribution in [2.45, 2.75) is 52.5 Å². The number of hydrogen-bond acceptors (Lipinski definition) is 2. The molecule has 2 N–H and O–H groups in total. The maximum atomic E-state index is 12.0. The van der Waals surface area contributed by atoms with E-state index in [1.807, 2.05) is 30.3 Å². The van der Waals surface area contributed by atoms with E-state index in [0.717, 1.165) is 24.9 Å². The Balaban J connectivity index is 2.20. The van der Waals surface area contributed by atoms with E-state index in [1.165, 1.54) is 12.8 Å².